The number of ether oxygens (including phenoxy) is 4. The summed E-state index contributed by atoms with van der Waals surface area (Å²) < 4.78 is 100. The van der Waals surface area contributed by atoms with Gasteiger partial charge in [0.1, 0.15) is 38.0 Å². The minimum absolute atomic E-state index is 0.0700. The average molecular weight is 1110 g/mol. The van der Waals surface area contributed by atoms with Gasteiger partial charge in [-0.2, -0.15) is 18.6 Å². The molecule has 0 spiro atoms. The number of nitrogens with zero attached hydrogens (tertiary/aromatic N) is 9. The quantitative estimate of drug-likeness (QED) is 0.0621. The Bertz CT molecular complexity index is 3390. The molecule has 0 aliphatic carbocycles. The SMILES string of the molecule is CCOc1cc(CN2CCC(N(c3nc4cccc(S(=O)(=O)N5CCCC5)c4o3)N(c3nc4cccc(S(=O)(=O)N5CCCC5)c4o3)C3CCN(Cc4cc(OCC)c(-n5cccc5)c(OCC)c4)CC3)CC2)ccc1OC. The Morgan fingerprint density at radius 2 is 0.974 bits per heavy atom. The van der Waals surface area contributed by atoms with Gasteiger partial charge in [-0.15, -0.1) is 0 Å². The highest BCUT2D eigenvalue weighted by molar-refractivity contribution is 7.89. The van der Waals surface area contributed by atoms with Gasteiger partial charge in [0, 0.05) is 77.8 Å². The van der Waals surface area contributed by atoms with E-state index < -0.39 is 20.0 Å². The highest BCUT2D eigenvalue weighted by Gasteiger charge is 2.42. The maximum absolute atomic E-state index is 14.4. The average Bonchev–Trinajstić information content (AvgIpc) is 4.33. The van der Waals surface area contributed by atoms with E-state index in [1.54, 1.807) is 43.5 Å². The summed E-state index contributed by atoms with van der Waals surface area (Å²) in [4.78, 5) is 15.3. The smallest absolute Gasteiger partial charge is 0.318 e. The Hall–Kier alpha value is -6.36. The number of rotatable bonds is 21. The molecule has 4 aliphatic rings. The summed E-state index contributed by atoms with van der Waals surface area (Å²) in [6, 6.07) is 24.4. The predicted molar refractivity (Wildman–Crippen MR) is 298 cm³/mol. The van der Waals surface area contributed by atoms with Gasteiger partial charge >= 0.3 is 12.0 Å². The largest absolute Gasteiger partial charge is 0.493 e. The van der Waals surface area contributed by atoms with Crippen LogP contribution in [0.25, 0.3) is 27.9 Å². The second-order valence-electron chi connectivity index (χ2n) is 20.4. The molecule has 19 nitrogen and oxygen atoms in total. The van der Waals surface area contributed by atoms with E-state index in [4.69, 9.17) is 37.7 Å². The van der Waals surface area contributed by atoms with Gasteiger partial charge in [0.15, 0.2) is 22.7 Å². The number of fused-ring (bicyclic) bond motifs is 2. The molecule has 21 heteroatoms. The second-order valence-corrected chi connectivity index (χ2v) is 24.3. The van der Waals surface area contributed by atoms with Crippen molar-refractivity contribution in [2.45, 2.75) is 107 Å². The zero-order valence-corrected chi connectivity index (χ0v) is 46.7. The third-order valence-corrected chi connectivity index (χ3v) is 19.3. The van der Waals surface area contributed by atoms with E-state index in [1.807, 2.05) is 72.0 Å². The molecule has 11 rings (SSSR count). The number of hydrazine groups is 1. The fourth-order valence-corrected chi connectivity index (χ4v) is 15.0. The molecule has 0 bridgehead atoms. The standard InChI is InChI=1S/C57H71N9O10S2/c1-5-72-48-36-41(20-21-47(48)71-4)39-60-32-22-43(23-33-60)65(56-58-45-16-14-18-51(54(45)75-56)77(67,68)63-28-10-11-29-63)66(57-59-46-17-15-19-52(55(46)76-57)78(69,70)64-30-12-13-31-64)44-24-34-61(35-25-44)40-42-37-49(73-6-2)53(50(38-42)74-7-3)62-26-8-9-27-62/h8-9,14-21,26-27,36-38,43-44H,5-7,10-13,22-25,28-35,39-40H2,1-4H3. The van der Waals surface area contributed by atoms with Crippen molar-refractivity contribution < 1.29 is 44.6 Å². The number of hydrogen-bond acceptors (Lipinski definition) is 16. The van der Waals surface area contributed by atoms with Crippen LogP contribution in [0.2, 0.25) is 0 Å². The second kappa shape index (κ2) is 23.2. The number of anilines is 2. The van der Waals surface area contributed by atoms with Crippen molar-refractivity contribution in [3.63, 3.8) is 0 Å². The lowest BCUT2D eigenvalue weighted by Crippen LogP contribution is -2.59. The number of hydrogen-bond donors (Lipinski definition) is 0. The van der Waals surface area contributed by atoms with E-state index in [9.17, 15) is 16.8 Å². The first kappa shape index (κ1) is 53.6. The molecule has 4 aromatic carbocycles. The number of sulfonamides is 2. The topological polar surface area (TPSA) is 182 Å². The number of oxazole rings is 2. The Morgan fingerprint density at radius 3 is 1.42 bits per heavy atom. The van der Waals surface area contributed by atoms with Crippen molar-refractivity contribution in [3.8, 4) is 28.7 Å². The first-order valence-corrected chi connectivity index (χ1v) is 30.5. The minimum Gasteiger partial charge on any atom is -0.493 e. The zero-order valence-electron chi connectivity index (χ0n) is 45.1. The van der Waals surface area contributed by atoms with Crippen molar-refractivity contribution in [3.05, 3.63) is 102 Å². The summed E-state index contributed by atoms with van der Waals surface area (Å²) in [5, 5.41) is 4.10. The van der Waals surface area contributed by atoms with Gasteiger partial charge < -0.3 is 32.3 Å². The normalized spacial score (nSPS) is 17.8. The third-order valence-electron chi connectivity index (χ3n) is 15.4. The Kier molecular flexibility index (Phi) is 15.9. The molecular weight excluding hydrogens is 1030 g/mol. The number of aromatic nitrogens is 3. The molecule has 416 valence electrons. The van der Waals surface area contributed by atoms with Crippen LogP contribution < -0.4 is 29.0 Å². The molecule has 78 heavy (non-hydrogen) atoms. The Morgan fingerprint density at radius 1 is 0.538 bits per heavy atom. The minimum atomic E-state index is -3.92. The lowest BCUT2D eigenvalue weighted by atomic mass is 10.0. The first-order valence-electron chi connectivity index (χ1n) is 27.6. The molecule has 7 aromatic rings. The monoisotopic (exact) mass is 1110 g/mol. The molecule has 7 heterocycles. The summed E-state index contributed by atoms with van der Waals surface area (Å²) in [6.07, 6.45) is 9.78. The van der Waals surface area contributed by atoms with Crippen LogP contribution in [-0.4, -0.2) is 141 Å². The van der Waals surface area contributed by atoms with E-state index >= 15 is 0 Å². The van der Waals surface area contributed by atoms with Crippen LogP contribution in [0.3, 0.4) is 0 Å². The number of benzene rings is 4. The number of likely N-dealkylation sites (tertiary alicyclic amines) is 2. The van der Waals surface area contributed by atoms with Crippen LogP contribution in [0.15, 0.2) is 110 Å². The molecule has 0 N–H and O–H groups in total. The van der Waals surface area contributed by atoms with E-state index in [1.165, 1.54) is 8.61 Å². The molecule has 3 aromatic heterocycles. The molecule has 0 saturated carbocycles. The van der Waals surface area contributed by atoms with Crippen LogP contribution in [0.5, 0.6) is 23.0 Å². The first-order chi connectivity index (χ1) is 38.0. The summed E-state index contributed by atoms with van der Waals surface area (Å²) in [6.45, 7) is 13.3. The van der Waals surface area contributed by atoms with Crippen LogP contribution in [0, 0.1) is 0 Å². The maximum Gasteiger partial charge on any atom is 0.318 e. The lowest BCUT2D eigenvalue weighted by Gasteiger charge is -2.47. The van der Waals surface area contributed by atoms with E-state index in [0.29, 0.717) is 133 Å². The molecule has 0 amide bonds. The molecule has 4 saturated heterocycles. The number of para-hydroxylation sites is 2. The van der Waals surface area contributed by atoms with E-state index in [2.05, 4.69) is 28.0 Å². The van der Waals surface area contributed by atoms with Gasteiger partial charge in [0.2, 0.25) is 20.0 Å². The Labute approximate surface area is 457 Å². The van der Waals surface area contributed by atoms with Crippen molar-refractivity contribution in [2.24, 2.45) is 0 Å². The van der Waals surface area contributed by atoms with Crippen molar-refractivity contribution in [2.75, 3.05) is 89.3 Å². The summed E-state index contributed by atoms with van der Waals surface area (Å²) >= 11 is 0. The van der Waals surface area contributed by atoms with Gasteiger partial charge in [-0.25, -0.2) is 26.9 Å². The molecular formula is C57H71N9O10S2. The van der Waals surface area contributed by atoms with Crippen molar-refractivity contribution >= 4 is 54.3 Å². The summed E-state index contributed by atoms with van der Waals surface area (Å²) in [5.74, 6) is 2.87. The fourth-order valence-electron chi connectivity index (χ4n) is 11.7. The molecule has 0 unspecified atom stereocenters. The van der Waals surface area contributed by atoms with E-state index in [-0.39, 0.29) is 45.1 Å². The van der Waals surface area contributed by atoms with Crippen LogP contribution in [0.1, 0.15) is 83.3 Å². The van der Waals surface area contributed by atoms with E-state index in [0.717, 1.165) is 54.0 Å². The molecule has 4 fully saturated rings. The maximum atomic E-state index is 14.4. The third kappa shape index (κ3) is 10.8. The Balaban J connectivity index is 0.978. The van der Waals surface area contributed by atoms with Gasteiger partial charge in [-0.1, -0.05) is 18.2 Å². The van der Waals surface area contributed by atoms with Crippen molar-refractivity contribution in [1.29, 1.82) is 0 Å². The molecule has 0 radical (unpaired) electrons. The lowest BCUT2D eigenvalue weighted by molar-refractivity contribution is 0.178. The number of piperidine rings is 2. The van der Waals surface area contributed by atoms with Crippen LogP contribution >= 0.6 is 0 Å². The van der Waals surface area contributed by atoms with Gasteiger partial charge in [0.25, 0.3) is 0 Å². The zero-order chi connectivity index (χ0) is 54.0. The number of methoxy groups -OCH3 is 1. The van der Waals surface area contributed by atoms with Gasteiger partial charge in [-0.3, -0.25) is 9.80 Å². The van der Waals surface area contributed by atoms with Gasteiger partial charge in [0.05, 0.1) is 39.0 Å². The highest BCUT2D eigenvalue weighted by Crippen LogP contribution is 2.41. The van der Waals surface area contributed by atoms with Crippen LogP contribution in [-0.2, 0) is 33.1 Å². The van der Waals surface area contributed by atoms with Crippen LogP contribution in [0.4, 0.5) is 12.0 Å². The molecule has 0 atom stereocenters. The summed E-state index contributed by atoms with van der Waals surface area (Å²) in [7, 11) is -6.19. The molecule has 4 aliphatic heterocycles. The van der Waals surface area contributed by atoms with Gasteiger partial charge in [-0.05, 0) is 144 Å². The predicted octanol–water partition coefficient (Wildman–Crippen LogP) is 9.09. The summed E-state index contributed by atoms with van der Waals surface area (Å²) in [5.41, 5.74) is 4.18. The van der Waals surface area contributed by atoms with Crippen molar-refractivity contribution in [1.82, 2.24) is 32.9 Å². The highest BCUT2D eigenvalue weighted by atomic mass is 32.2. The fraction of sp³-hybridized carbons (Fsp3) is 0.474.